The largest absolute Gasteiger partial charge is 0.464 e. The van der Waals surface area contributed by atoms with Crippen molar-refractivity contribution in [1.82, 2.24) is 15.0 Å². The molecular weight excluding hydrogens is 318 g/mol. The summed E-state index contributed by atoms with van der Waals surface area (Å²) < 4.78 is 4.63. The quantitative estimate of drug-likeness (QED) is 0.731. The van der Waals surface area contributed by atoms with Crippen LogP contribution in [-0.2, 0) is 4.74 Å². The zero-order chi connectivity index (χ0) is 16.6. The van der Waals surface area contributed by atoms with Crippen molar-refractivity contribution in [2.75, 3.05) is 7.11 Å². The zero-order valence-corrected chi connectivity index (χ0v) is 13.1. The maximum absolute atomic E-state index is 12.2. The second-order valence-electron chi connectivity index (χ2n) is 4.90. The maximum Gasteiger partial charge on any atom is 0.354 e. The van der Waals surface area contributed by atoms with Crippen molar-refractivity contribution in [1.29, 1.82) is 0 Å². The Kier molecular flexibility index (Phi) is 3.83. The minimum atomic E-state index is -0.631. The topological polar surface area (TPSA) is 84.9 Å². The van der Waals surface area contributed by atoms with Gasteiger partial charge in [-0.3, -0.25) is 4.79 Å². The molecule has 6 nitrogen and oxygen atoms in total. The van der Waals surface area contributed by atoms with Crippen molar-refractivity contribution in [3.05, 3.63) is 57.0 Å². The van der Waals surface area contributed by atoms with E-state index in [4.69, 9.17) is 11.6 Å². The Balaban J connectivity index is 2.25. The molecule has 1 N–H and O–H groups in total. The van der Waals surface area contributed by atoms with Crippen LogP contribution in [0.1, 0.15) is 16.2 Å². The molecule has 7 heteroatoms. The highest BCUT2D eigenvalue weighted by molar-refractivity contribution is 6.30. The molecule has 0 unspecified atom stereocenters. The fraction of sp³-hybridized carbons (Fsp3) is 0.125. The van der Waals surface area contributed by atoms with Gasteiger partial charge in [-0.2, -0.15) is 0 Å². The molecular formula is C16H12ClN3O3. The fourth-order valence-electron chi connectivity index (χ4n) is 2.27. The molecule has 0 spiro atoms. The number of halogens is 1. The number of pyridine rings is 1. The van der Waals surface area contributed by atoms with Gasteiger partial charge in [-0.15, -0.1) is 0 Å². The van der Waals surface area contributed by atoms with Gasteiger partial charge in [-0.1, -0.05) is 11.6 Å². The molecule has 0 saturated heterocycles. The number of hydrogen-bond acceptors (Lipinski definition) is 5. The van der Waals surface area contributed by atoms with E-state index < -0.39 is 5.97 Å². The summed E-state index contributed by atoms with van der Waals surface area (Å²) in [5, 5.41) is 0.947. The normalized spacial score (nSPS) is 10.7. The summed E-state index contributed by atoms with van der Waals surface area (Å²) in [7, 11) is 1.25. The maximum atomic E-state index is 12.2. The van der Waals surface area contributed by atoms with Gasteiger partial charge in [0.15, 0.2) is 11.3 Å². The number of benzene rings is 1. The van der Waals surface area contributed by atoms with Crippen molar-refractivity contribution >= 4 is 28.6 Å². The van der Waals surface area contributed by atoms with Gasteiger partial charge in [0, 0.05) is 16.7 Å². The van der Waals surface area contributed by atoms with Crippen LogP contribution in [0.3, 0.4) is 0 Å². The van der Waals surface area contributed by atoms with Gasteiger partial charge in [0.25, 0.3) is 0 Å². The predicted molar refractivity (Wildman–Crippen MR) is 86.7 cm³/mol. The number of carbonyl (C=O) groups is 1. The summed E-state index contributed by atoms with van der Waals surface area (Å²) in [4.78, 5) is 35.4. The van der Waals surface area contributed by atoms with Gasteiger partial charge in [0.1, 0.15) is 11.3 Å². The van der Waals surface area contributed by atoms with Crippen LogP contribution in [0.25, 0.3) is 22.4 Å². The summed E-state index contributed by atoms with van der Waals surface area (Å²) in [6, 6.07) is 8.21. The number of aromatic amines is 1. The van der Waals surface area contributed by atoms with Crippen molar-refractivity contribution in [2.45, 2.75) is 6.92 Å². The first kappa shape index (κ1) is 15.2. The molecule has 0 atom stereocenters. The van der Waals surface area contributed by atoms with Crippen molar-refractivity contribution < 1.29 is 9.53 Å². The van der Waals surface area contributed by atoms with Crippen LogP contribution in [-0.4, -0.2) is 28.0 Å². The summed E-state index contributed by atoms with van der Waals surface area (Å²) in [6.07, 6.45) is 0. The zero-order valence-electron chi connectivity index (χ0n) is 12.4. The molecule has 0 aliphatic rings. The molecule has 3 rings (SSSR count). The standard InChI is InChI=1S/C16H12ClN3O3/c1-8-13-12(21)7-11(16(22)23-2)19-15(13)20-14(18-8)9-3-5-10(17)6-4-9/h3-7H,1-2H3,(H,18,19,20,21). The van der Waals surface area contributed by atoms with Gasteiger partial charge in [0.05, 0.1) is 18.2 Å². The lowest BCUT2D eigenvalue weighted by atomic mass is 10.2. The third kappa shape index (κ3) is 2.80. The molecule has 23 heavy (non-hydrogen) atoms. The Morgan fingerprint density at radius 2 is 1.91 bits per heavy atom. The van der Waals surface area contributed by atoms with E-state index in [0.717, 1.165) is 5.56 Å². The third-order valence-corrected chi connectivity index (χ3v) is 3.62. The number of aromatic nitrogens is 3. The Morgan fingerprint density at radius 3 is 2.57 bits per heavy atom. The monoisotopic (exact) mass is 329 g/mol. The van der Waals surface area contributed by atoms with Crippen LogP contribution < -0.4 is 5.43 Å². The Morgan fingerprint density at radius 1 is 1.22 bits per heavy atom. The molecule has 0 aliphatic heterocycles. The summed E-state index contributed by atoms with van der Waals surface area (Å²) in [5.74, 6) is -0.197. The molecule has 0 bridgehead atoms. The van der Waals surface area contributed by atoms with Crippen LogP contribution in [0.15, 0.2) is 35.1 Å². The SMILES string of the molecule is COC(=O)c1cc(=O)c2c(C)nc(-c3ccc(Cl)cc3)nc2[nH]1. The average molecular weight is 330 g/mol. The van der Waals surface area contributed by atoms with E-state index in [1.807, 2.05) is 0 Å². The van der Waals surface area contributed by atoms with E-state index in [1.54, 1.807) is 31.2 Å². The number of methoxy groups -OCH3 is 1. The Labute approximate surface area is 136 Å². The number of hydrogen-bond donors (Lipinski definition) is 1. The van der Waals surface area contributed by atoms with E-state index in [-0.39, 0.29) is 16.8 Å². The lowest BCUT2D eigenvalue weighted by Gasteiger charge is -2.07. The summed E-state index contributed by atoms with van der Waals surface area (Å²) in [6.45, 7) is 1.72. The predicted octanol–water partition coefficient (Wildman–Crippen LogP) is 2.73. The summed E-state index contributed by atoms with van der Waals surface area (Å²) >= 11 is 5.88. The molecule has 0 fully saturated rings. The average Bonchev–Trinajstić information content (AvgIpc) is 2.53. The third-order valence-electron chi connectivity index (χ3n) is 3.37. The highest BCUT2D eigenvalue weighted by Crippen LogP contribution is 2.20. The lowest BCUT2D eigenvalue weighted by molar-refractivity contribution is 0.0594. The molecule has 1 aromatic carbocycles. The van der Waals surface area contributed by atoms with Crippen molar-refractivity contribution in [3.63, 3.8) is 0 Å². The van der Waals surface area contributed by atoms with Gasteiger partial charge in [-0.05, 0) is 31.2 Å². The van der Waals surface area contributed by atoms with Crippen LogP contribution in [0.2, 0.25) is 5.02 Å². The second kappa shape index (κ2) is 5.81. The number of esters is 1. The number of nitrogens with one attached hydrogen (secondary N) is 1. The number of fused-ring (bicyclic) bond motifs is 1. The second-order valence-corrected chi connectivity index (χ2v) is 5.34. The molecule has 2 aromatic heterocycles. The van der Waals surface area contributed by atoms with Gasteiger partial charge in [-0.25, -0.2) is 14.8 Å². The number of ether oxygens (including phenoxy) is 1. The Hall–Kier alpha value is -2.73. The molecule has 0 radical (unpaired) electrons. The van der Waals surface area contributed by atoms with E-state index in [1.165, 1.54) is 13.2 Å². The minimum Gasteiger partial charge on any atom is -0.464 e. The summed E-state index contributed by atoms with van der Waals surface area (Å²) in [5.41, 5.74) is 1.28. The number of carbonyl (C=O) groups excluding carboxylic acids is 1. The van der Waals surface area contributed by atoms with Crippen molar-refractivity contribution in [2.24, 2.45) is 0 Å². The minimum absolute atomic E-state index is 0.0464. The first-order valence-corrected chi connectivity index (χ1v) is 7.13. The van der Waals surface area contributed by atoms with Gasteiger partial charge in [0.2, 0.25) is 0 Å². The molecule has 0 saturated carbocycles. The molecule has 3 aromatic rings. The fourth-order valence-corrected chi connectivity index (χ4v) is 2.40. The first-order valence-electron chi connectivity index (χ1n) is 6.75. The highest BCUT2D eigenvalue weighted by Gasteiger charge is 2.14. The molecule has 116 valence electrons. The van der Waals surface area contributed by atoms with Crippen LogP contribution in [0.5, 0.6) is 0 Å². The van der Waals surface area contributed by atoms with E-state index >= 15 is 0 Å². The highest BCUT2D eigenvalue weighted by atomic mass is 35.5. The smallest absolute Gasteiger partial charge is 0.354 e. The number of H-pyrrole nitrogens is 1. The van der Waals surface area contributed by atoms with E-state index in [0.29, 0.717) is 21.9 Å². The van der Waals surface area contributed by atoms with Gasteiger partial charge < -0.3 is 9.72 Å². The molecule has 0 amide bonds. The first-order chi connectivity index (χ1) is 11.0. The van der Waals surface area contributed by atoms with Gasteiger partial charge >= 0.3 is 5.97 Å². The Bertz CT molecular complexity index is 965. The lowest BCUT2D eigenvalue weighted by Crippen LogP contribution is -2.14. The van der Waals surface area contributed by atoms with Crippen molar-refractivity contribution in [3.8, 4) is 11.4 Å². The van der Waals surface area contributed by atoms with Crippen LogP contribution in [0, 0.1) is 6.92 Å². The number of nitrogens with zero attached hydrogens (tertiary/aromatic N) is 2. The van der Waals surface area contributed by atoms with Crippen LogP contribution in [0.4, 0.5) is 0 Å². The molecule has 2 heterocycles. The van der Waals surface area contributed by atoms with E-state index in [9.17, 15) is 9.59 Å². The van der Waals surface area contributed by atoms with E-state index in [2.05, 4.69) is 19.7 Å². The van der Waals surface area contributed by atoms with Crippen LogP contribution >= 0.6 is 11.6 Å². The number of aryl methyl sites for hydroxylation is 1. The number of rotatable bonds is 2. The molecule has 0 aliphatic carbocycles.